The monoisotopic (exact) mass is 351 g/mol. The van der Waals surface area contributed by atoms with Crippen molar-refractivity contribution in [3.05, 3.63) is 36.5 Å². The van der Waals surface area contributed by atoms with Crippen LogP contribution in [0.25, 0.3) is 0 Å². The second-order valence-electron chi connectivity index (χ2n) is 5.12. The first-order chi connectivity index (χ1) is 11.8. The van der Waals surface area contributed by atoms with Gasteiger partial charge < -0.3 is 10.1 Å². The Morgan fingerprint density at radius 3 is 2.79 bits per heavy atom. The molecule has 0 bridgehead atoms. The number of alkyl halides is 1. The van der Waals surface area contributed by atoms with Gasteiger partial charge in [0.2, 0.25) is 0 Å². The molecule has 0 aromatic heterocycles. The van der Waals surface area contributed by atoms with Crippen LogP contribution in [0.15, 0.2) is 36.5 Å². The Bertz CT molecular complexity index is 458. The third-order valence-electron chi connectivity index (χ3n) is 3.08. The van der Waals surface area contributed by atoms with Crippen molar-refractivity contribution >= 4 is 17.6 Å². The van der Waals surface area contributed by atoms with Crippen molar-refractivity contribution in [2.75, 3.05) is 25.6 Å². The second-order valence-corrected chi connectivity index (χ2v) is 5.50. The van der Waals surface area contributed by atoms with Gasteiger partial charge in [0.25, 0.3) is 0 Å². The molecule has 0 saturated heterocycles. The summed E-state index contributed by atoms with van der Waals surface area (Å²) < 4.78 is 5.10. The van der Waals surface area contributed by atoms with Gasteiger partial charge in [0.1, 0.15) is 0 Å². The molecule has 134 valence electrons. The zero-order valence-electron chi connectivity index (χ0n) is 14.8. The number of ether oxygens (including phenoxy) is 1. The summed E-state index contributed by atoms with van der Waals surface area (Å²) in [7, 11) is 0. The summed E-state index contributed by atoms with van der Waals surface area (Å²) in [4.78, 5) is 11.9. The highest BCUT2D eigenvalue weighted by molar-refractivity contribution is 6.17. The van der Waals surface area contributed by atoms with E-state index in [1.165, 1.54) is 0 Å². The Morgan fingerprint density at radius 2 is 2.08 bits per heavy atom. The van der Waals surface area contributed by atoms with Crippen LogP contribution < -0.4 is 5.32 Å². The molecule has 24 heavy (non-hydrogen) atoms. The molecule has 1 N–H and O–H groups in total. The Balaban J connectivity index is 4.31. The number of rotatable bonds is 13. The molecule has 0 aromatic carbocycles. The van der Waals surface area contributed by atoms with Gasteiger partial charge in [-0.1, -0.05) is 24.3 Å². The number of halogens is 1. The molecule has 0 saturated carbocycles. The molecule has 4 heteroatoms. The summed E-state index contributed by atoms with van der Waals surface area (Å²) in [5.74, 6) is 6.66. The van der Waals surface area contributed by atoms with Crippen LogP contribution in [0.5, 0.6) is 0 Å². The first-order valence-corrected chi connectivity index (χ1v) is 9.15. The zero-order valence-corrected chi connectivity index (χ0v) is 15.5. The highest BCUT2D eigenvalue weighted by atomic mass is 35.5. The summed E-state index contributed by atoms with van der Waals surface area (Å²) in [6, 6.07) is 0. The van der Waals surface area contributed by atoms with Gasteiger partial charge in [-0.2, -0.15) is 0 Å². The predicted octanol–water partition coefficient (Wildman–Crippen LogP) is 4.39. The van der Waals surface area contributed by atoms with Crippen LogP contribution in [-0.4, -0.2) is 31.5 Å². The lowest BCUT2D eigenvalue weighted by atomic mass is 10.1. The lowest BCUT2D eigenvalue weighted by Gasteiger charge is -2.04. The van der Waals surface area contributed by atoms with E-state index in [1.54, 1.807) is 0 Å². The normalized spacial score (nSPS) is 11.2. The molecular weight excluding hydrogens is 322 g/mol. The van der Waals surface area contributed by atoms with Gasteiger partial charge in [-0.25, -0.2) is 4.79 Å². The van der Waals surface area contributed by atoms with E-state index in [0.29, 0.717) is 30.9 Å². The fourth-order valence-corrected chi connectivity index (χ4v) is 2.02. The smallest absolute Gasteiger partial charge is 0.334 e. The summed E-state index contributed by atoms with van der Waals surface area (Å²) in [5.41, 5.74) is 0.669. The Morgan fingerprint density at radius 1 is 1.29 bits per heavy atom. The number of hydrogen-bond acceptors (Lipinski definition) is 3. The average molecular weight is 352 g/mol. The Hall–Kier alpha value is -1.50. The van der Waals surface area contributed by atoms with Crippen LogP contribution in [0.3, 0.4) is 0 Å². The van der Waals surface area contributed by atoms with Crippen molar-refractivity contribution < 1.29 is 9.53 Å². The number of esters is 1. The van der Waals surface area contributed by atoms with Crippen LogP contribution >= 0.6 is 11.6 Å². The van der Waals surface area contributed by atoms with Crippen LogP contribution in [0, 0.1) is 11.8 Å². The number of nitrogens with one attached hydrogen (secondary N) is 1. The standard InChI is InChI=1S/C20H30ClNO2/c1-3-17-22-18-13-9-11-15-19(20(23)24-4-2)14-10-7-5-6-8-12-16-21/h3,9,11,15,22H,1,4,6,8,10,12-14,16-18H2,2H3/b11-9+,19-15-. The van der Waals surface area contributed by atoms with E-state index in [4.69, 9.17) is 16.3 Å². The lowest BCUT2D eigenvalue weighted by molar-refractivity contribution is -0.138. The van der Waals surface area contributed by atoms with Crippen LogP contribution in [-0.2, 0) is 9.53 Å². The molecule has 0 aliphatic rings. The molecule has 0 aromatic rings. The number of allylic oxidation sites excluding steroid dienone is 2. The van der Waals surface area contributed by atoms with Crippen molar-refractivity contribution in [1.82, 2.24) is 5.32 Å². The topological polar surface area (TPSA) is 38.3 Å². The average Bonchev–Trinajstić information content (AvgIpc) is 2.58. The minimum absolute atomic E-state index is 0.254. The van der Waals surface area contributed by atoms with Gasteiger partial charge in [0.15, 0.2) is 0 Å². The first kappa shape index (κ1) is 22.5. The van der Waals surface area contributed by atoms with Crippen molar-refractivity contribution in [3.8, 4) is 11.8 Å². The highest BCUT2D eigenvalue weighted by Crippen LogP contribution is 2.08. The third-order valence-corrected chi connectivity index (χ3v) is 3.34. The van der Waals surface area contributed by atoms with Crippen molar-refractivity contribution in [3.63, 3.8) is 0 Å². The predicted molar refractivity (Wildman–Crippen MR) is 103 cm³/mol. The van der Waals surface area contributed by atoms with E-state index >= 15 is 0 Å². The fraction of sp³-hybridized carbons (Fsp3) is 0.550. The second kappa shape index (κ2) is 17.8. The fourth-order valence-electron chi connectivity index (χ4n) is 1.83. The van der Waals surface area contributed by atoms with Crippen LogP contribution in [0.1, 0.15) is 45.4 Å². The highest BCUT2D eigenvalue weighted by Gasteiger charge is 2.08. The maximum absolute atomic E-state index is 11.9. The quantitative estimate of drug-likeness (QED) is 0.102. The van der Waals surface area contributed by atoms with Crippen molar-refractivity contribution in [1.29, 1.82) is 0 Å². The molecule has 0 rings (SSSR count). The molecule has 0 aliphatic carbocycles. The SMILES string of the molecule is C=CCNCC/C=C/C=C(/CCC#CCCCCCl)C(=O)OCC. The molecule has 0 radical (unpaired) electrons. The number of carbonyl (C=O) groups excluding carboxylic acids is 1. The van der Waals surface area contributed by atoms with E-state index in [9.17, 15) is 4.79 Å². The summed E-state index contributed by atoms with van der Waals surface area (Å²) in [5, 5.41) is 3.22. The minimum atomic E-state index is -0.254. The molecule has 0 heterocycles. The summed E-state index contributed by atoms with van der Waals surface area (Å²) in [6.07, 6.45) is 12.7. The molecule has 0 amide bonds. The molecule has 0 aliphatic heterocycles. The minimum Gasteiger partial charge on any atom is -0.463 e. The molecule has 0 atom stereocenters. The zero-order chi connectivity index (χ0) is 17.9. The van der Waals surface area contributed by atoms with Crippen molar-refractivity contribution in [2.45, 2.75) is 45.4 Å². The maximum Gasteiger partial charge on any atom is 0.334 e. The molecule has 0 spiro atoms. The van der Waals surface area contributed by atoms with Crippen LogP contribution in [0.2, 0.25) is 0 Å². The van der Waals surface area contributed by atoms with E-state index in [-0.39, 0.29) is 5.97 Å². The van der Waals surface area contributed by atoms with Crippen LogP contribution in [0.4, 0.5) is 0 Å². The van der Waals surface area contributed by atoms with Gasteiger partial charge in [0.05, 0.1) is 6.61 Å². The summed E-state index contributed by atoms with van der Waals surface area (Å²) >= 11 is 5.62. The van der Waals surface area contributed by atoms with Gasteiger partial charge in [0, 0.05) is 30.8 Å². The molecular formula is C20H30ClNO2. The number of carbonyl (C=O) groups is 1. The first-order valence-electron chi connectivity index (χ1n) is 8.62. The maximum atomic E-state index is 11.9. The third kappa shape index (κ3) is 14.1. The number of hydrogen-bond donors (Lipinski definition) is 1. The largest absolute Gasteiger partial charge is 0.463 e. The Kier molecular flexibility index (Phi) is 16.7. The molecule has 0 fully saturated rings. The van der Waals surface area contributed by atoms with Gasteiger partial charge >= 0.3 is 5.97 Å². The van der Waals surface area contributed by atoms with Crippen molar-refractivity contribution in [2.24, 2.45) is 0 Å². The van der Waals surface area contributed by atoms with E-state index < -0.39 is 0 Å². The summed E-state index contributed by atoms with van der Waals surface area (Å²) in [6.45, 7) is 7.54. The van der Waals surface area contributed by atoms with E-state index in [2.05, 4.69) is 23.7 Å². The number of unbranched alkanes of at least 4 members (excludes halogenated alkanes) is 2. The van der Waals surface area contributed by atoms with E-state index in [1.807, 2.05) is 31.2 Å². The molecule has 0 unspecified atom stereocenters. The lowest BCUT2D eigenvalue weighted by Crippen LogP contribution is -2.13. The van der Waals surface area contributed by atoms with Gasteiger partial charge in [-0.05, 0) is 39.2 Å². The Labute approximate surface area is 152 Å². The van der Waals surface area contributed by atoms with Gasteiger partial charge in [-0.15, -0.1) is 30.0 Å². The molecule has 3 nitrogen and oxygen atoms in total. The van der Waals surface area contributed by atoms with E-state index in [0.717, 1.165) is 38.8 Å². The van der Waals surface area contributed by atoms with Gasteiger partial charge in [-0.3, -0.25) is 0 Å².